The Morgan fingerprint density at radius 3 is 3.20 bits per heavy atom. The van der Waals surface area contributed by atoms with E-state index in [-0.39, 0.29) is 11.9 Å². The first-order chi connectivity index (χ1) is 9.65. The van der Waals surface area contributed by atoms with E-state index < -0.39 is 0 Å². The van der Waals surface area contributed by atoms with Gasteiger partial charge in [-0.25, -0.2) is 4.98 Å². The molecule has 0 saturated carbocycles. The van der Waals surface area contributed by atoms with E-state index in [0.29, 0.717) is 12.4 Å². The number of carbonyl (C=O) groups excluding carboxylic acids is 1. The number of hydrogen-bond acceptors (Lipinski definition) is 5. The van der Waals surface area contributed by atoms with Gasteiger partial charge in [0.2, 0.25) is 11.8 Å². The molecule has 3 rings (SSSR count). The third kappa shape index (κ3) is 2.48. The molecule has 2 aromatic heterocycles. The van der Waals surface area contributed by atoms with Gasteiger partial charge >= 0.3 is 0 Å². The molecule has 0 bridgehead atoms. The van der Waals surface area contributed by atoms with Gasteiger partial charge in [-0.05, 0) is 37.8 Å². The van der Waals surface area contributed by atoms with E-state index in [1.807, 2.05) is 24.4 Å². The zero-order chi connectivity index (χ0) is 14.1. The molecule has 0 aliphatic carbocycles. The van der Waals surface area contributed by atoms with E-state index in [1.165, 1.54) is 0 Å². The second-order valence-corrected chi connectivity index (χ2v) is 5.98. The number of thiophene rings is 1. The molecule has 6 heteroatoms. The van der Waals surface area contributed by atoms with E-state index in [9.17, 15) is 4.79 Å². The summed E-state index contributed by atoms with van der Waals surface area (Å²) in [7, 11) is 0. The van der Waals surface area contributed by atoms with Gasteiger partial charge in [0.05, 0.1) is 16.6 Å². The fourth-order valence-corrected chi connectivity index (χ4v) is 3.26. The number of aryl methyl sites for hydroxylation is 1. The number of likely N-dealkylation sites (tertiary alicyclic amines) is 1. The third-order valence-electron chi connectivity index (χ3n) is 3.67. The molecule has 1 amide bonds. The molecule has 2 N–H and O–H groups in total. The lowest BCUT2D eigenvalue weighted by Gasteiger charge is -2.20. The van der Waals surface area contributed by atoms with Crippen molar-refractivity contribution in [3.63, 3.8) is 0 Å². The molecule has 1 aliphatic heterocycles. The molecule has 1 fully saturated rings. The monoisotopic (exact) mass is 291 g/mol. The van der Waals surface area contributed by atoms with Crippen molar-refractivity contribution in [2.45, 2.75) is 32.4 Å². The van der Waals surface area contributed by atoms with Crippen molar-refractivity contribution in [2.75, 3.05) is 6.54 Å². The maximum absolute atomic E-state index is 11.4. The summed E-state index contributed by atoms with van der Waals surface area (Å²) in [5.74, 6) is 1.22. The third-order valence-corrected chi connectivity index (χ3v) is 4.53. The van der Waals surface area contributed by atoms with Crippen LogP contribution in [0.3, 0.4) is 0 Å². The maximum Gasteiger partial charge on any atom is 0.236 e. The van der Waals surface area contributed by atoms with Crippen LogP contribution in [0.5, 0.6) is 0 Å². The van der Waals surface area contributed by atoms with Crippen LogP contribution in [0.15, 0.2) is 21.9 Å². The highest BCUT2D eigenvalue weighted by atomic mass is 32.1. The van der Waals surface area contributed by atoms with Crippen LogP contribution in [0.4, 0.5) is 0 Å². The summed E-state index contributed by atoms with van der Waals surface area (Å²) in [6.07, 6.45) is 1.84. The van der Waals surface area contributed by atoms with Crippen LogP contribution in [0.2, 0.25) is 0 Å². The van der Waals surface area contributed by atoms with E-state index >= 15 is 0 Å². The summed E-state index contributed by atoms with van der Waals surface area (Å²) in [5.41, 5.74) is 6.33. The standard InChI is InChI=1S/C14H17N3O2S/c1-9-10(8-17-6-2-4-11(17)13(15)18)16-14(19-9)12-5-3-7-20-12/h3,5,7,11H,2,4,6,8H2,1H3,(H2,15,18)/t11-/m0/s1. The number of carbonyl (C=O) groups is 1. The number of amides is 1. The van der Waals surface area contributed by atoms with Crippen LogP contribution in [-0.4, -0.2) is 28.4 Å². The van der Waals surface area contributed by atoms with Crippen LogP contribution < -0.4 is 5.73 Å². The molecule has 3 heterocycles. The summed E-state index contributed by atoms with van der Waals surface area (Å²) in [6.45, 7) is 3.41. The summed E-state index contributed by atoms with van der Waals surface area (Å²) >= 11 is 1.60. The Kier molecular flexibility index (Phi) is 3.58. The molecule has 1 aliphatic rings. The topological polar surface area (TPSA) is 72.4 Å². The molecule has 5 nitrogen and oxygen atoms in total. The zero-order valence-corrected chi connectivity index (χ0v) is 12.2. The van der Waals surface area contributed by atoms with Gasteiger partial charge in [0.1, 0.15) is 5.76 Å². The van der Waals surface area contributed by atoms with Crippen LogP contribution >= 0.6 is 11.3 Å². The van der Waals surface area contributed by atoms with Gasteiger partial charge in [0.25, 0.3) is 0 Å². The molecule has 0 aromatic carbocycles. The van der Waals surface area contributed by atoms with Gasteiger partial charge in [0, 0.05) is 6.54 Å². The average molecular weight is 291 g/mol. The molecule has 0 unspecified atom stereocenters. The largest absolute Gasteiger partial charge is 0.440 e. The van der Waals surface area contributed by atoms with Crippen LogP contribution in [0, 0.1) is 6.92 Å². The molecule has 0 spiro atoms. The first-order valence-corrected chi connectivity index (χ1v) is 7.56. The minimum Gasteiger partial charge on any atom is -0.440 e. The second-order valence-electron chi connectivity index (χ2n) is 5.03. The first kappa shape index (κ1) is 13.3. The lowest BCUT2D eigenvalue weighted by Crippen LogP contribution is -2.39. The van der Waals surface area contributed by atoms with Crippen molar-refractivity contribution in [3.05, 3.63) is 29.0 Å². The SMILES string of the molecule is Cc1oc(-c2cccs2)nc1CN1CCC[C@H]1C(N)=O. The minimum atomic E-state index is -0.248. The number of oxazole rings is 1. The lowest BCUT2D eigenvalue weighted by molar-refractivity contribution is -0.122. The number of nitrogens with two attached hydrogens (primary N) is 1. The summed E-state index contributed by atoms with van der Waals surface area (Å²) in [5, 5.41) is 2.00. The van der Waals surface area contributed by atoms with E-state index in [0.717, 1.165) is 35.7 Å². The van der Waals surface area contributed by atoms with Crippen LogP contribution in [0.1, 0.15) is 24.3 Å². The maximum atomic E-state index is 11.4. The van der Waals surface area contributed by atoms with E-state index in [4.69, 9.17) is 10.2 Å². The van der Waals surface area contributed by atoms with Gasteiger partial charge in [0.15, 0.2) is 0 Å². The number of primary amides is 1. The summed E-state index contributed by atoms with van der Waals surface area (Å²) < 4.78 is 5.72. The highest BCUT2D eigenvalue weighted by Crippen LogP contribution is 2.27. The fraction of sp³-hybridized carbons (Fsp3) is 0.429. The molecule has 20 heavy (non-hydrogen) atoms. The van der Waals surface area contributed by atoms with Crippen molar-refractivity contribution in [1.29, 1.82) is 0 Å². The number of hydrogen-bond donors (Lipinski definition) is 1. The summed E-state index contributed by atoms with van der Waals surface area (Å²) in [6, 6.07) is 3.79. The normalized spacial score (nSPS) is 19.6. The van der Waals surface area contributed by atoms with Crippen molar-refractivity contribution in [2.24, 2.45) is 5.73 Å². The van der Waals surface area contributed by atoms with Gasteiger partial charge < -0.3 is 10.2 Å². The lowest BCUT2D eigenvalue weighted by atomic mass is 10.2. The smallest absolute Gasteiger partial charge is 0.236 e. The van der Waals surface area contributed by atoms with Gasteiger partial charge in [-0.2, -0.15) is 0 Å². The van der Waals surface area contributed by atoms with E-state index in [1.54, 1.807) is 11.3 Å². The van der Waals surface area contributed by atoms with Crippen LogP contribution in [0.25, 0.3) is 10.8 Å². The Bertz CT molecular complexity index is 606. The summed E-state index contributed by atoms with van der Waals surface area (Å²) in [4.78, 5) is 19.1. The highest BCUT2D eigenvalue weighted by Gasteiger charge is 2.30. The highest BCUT2D eigenvalue weighted by molar-refractivity contribution is 7.13. The predicted molar refractivity (Wildman–Crippen MR) is 77.2 cm³/mol. The average Bonchev–Trinajstić information content (AvgIpc) is 3.11. The van der Waals surface area contributed by atoms with Crippen LogP contribution in [-0.2, 0) is 11.3 Å². The molecule has 1 saturated heterocycles. The van der Waals surface area contributed by atoms with Gasteiger partial charge in [-0.3, -0.25) is 9.69 Å². The van der Waals surface area contributed by atoms with Crippen molar-refractivity contribution in [3.8, 4) is 10.8 Å². The number of rotatable bonds is 4. The van der Waals surface area contributed by atoms with Crippen molar-refractivity contribution >= 4 is 17.2 Å². The number of nitrogens with zero attached hydrogens (tertiary/aromatic N) is 2. The van der Waals surface area contributed by atoms with Crippen molar-refractivity contribution in [1.82, 2.24) is 9.88 Å². The van der Waals surface area contributed by atoms with Crippen molar-refractivity contribution < 1.29 is 9.21 Å². The molecule has 1 atom stereocenters. The minimum absolute atomic E-state index is 0.170. The second kappa shape index (κ2) is 5.38. The Morgan fingerprint density at radius 2 is 2.50 bits per heavy atom. The fourth-order valence-electron chi connectivity index (χ4n) is 2.61. The molecule has 2 aromatic rings. The molecular weight excluding hydrogens is 274 g/mol. The predicted octanol–water partition coefficient (Wildman–Crippen LogP) is 2.16. The first-order valence-electron chi connectivity index (χ1n) is 6.68. The van der Waals surface area contributed by atoms with E-state index in [2.05, 4.69) is 9.88 Å². The Labute approximate surface area is 121 Å². The Morgan fingerprint density at radius 1 is 1.65 bits per heavy atom. The number of aromatic nitrogens is 1. The Hall–Kier alpha value is -1.66. The van der Waals surface area contributed by atoms with Gasteiger partial charge in [-0.15, -0.1) is 11.3 Å². The zero-order valence-electron chi connectivity index (χ0n) is 11.3. The Balaban J connectivity index is 1.79. The van der Waals surface area contributed by atoms with Gasteiger partial charge in [-0.1, -0.05) is 6.07 Å². The molecule has 106 valence electrons. The molecular formula is C14H17N3O2S. The quantitative estimate of drug-likeness (QED) is 0.937. The molecule has 0 radical (unpaired) electrons.